The van der Waals surface area contributed by atoms with E-state index in [9.17, 15) is 33.4 Å². The van der Waals surface area contributed by atoms with Crippen molar-refractivity contribution in [2.24, 2.45) is 5.92 Å². The molecule has 3 aromatic rings. The molecule has 1 saturated heterocycles. The first kappa shape index (κ1) is 27.5. The Bertz CT molecular complexity index is 1350. The van der Waals surface area contributed by atoms with Crippen molar-refractivity contribution in [1.29, 1.82) is 0 Å². The number of nitrogens with zero attached hydrogens (tertiary/aromatic N) is 1. The molecule has 4 rings (SSSR count). The van der Waals surface area contributed by atoms with Gasteiger partial charge in [0.1, 0.15) is 29.7 Å². The average molecular weight is 541 g/mol. The van der Waals surface area contributed by atoms with E-state index in [0.717, 1.165) is 0 Å². The summed E-state index contributed by atoms with van der Waals surface area (Å²) in [5.74, 6) is -3.73. The predicted molar refractivity (Wildman–Crippen MR) is 135 cm³/mol. The van der Waals surface area contributed by atoms with Crippen LogP contribution in [-0.2, 0) is 14.4 Å². The van der Waals surface area contributed by atoms with Gasteiger partial charge < -0.3 is 30.3 Å². The van der Waals surface area contributed by atoms with Crippen LogP contribution in [0.15, 0.2) is 66.7 Å². The molecule has 0 bridgehead atoms. The van der Waals surface area contributed by atoms with Crippen LogP contribution in [0.3, 0.4) is 0 Å². The number of carbonyl (C=O) groups excluding carboxylic acids is 2. The Morgan fingerprint density at radius 2 is 1.64 bits per heavy atom. The van der Waals surface area contributed by atoms with Gasteiger partial charge in [-0.3, -0.25) is 14.4 Å². The molecule has 0 aliphatic carbocycles. The van der Waals surface area contributed by atoms with E-state index >= 15 is 0 Å². The lowest BCUT2D eigenvalue weighted by atomic mass is 9.78. The van der Waals surface area contributed by atoms with Crippen molar-refractivity contribution < 1.29 is 43.2 Å². The maximum Gasteiger partial charge on any atom is 0.322 e. The predicted octanol–water partition coefficient (Wildman–Crippen LogP) is 3.47. The second-order valence-corrected chi connectivity index (χ2v) is 9.06. The Kier molecular flexibility index (Phi) is 8.40. The lowest BCUT2D eigenvalue weighted by molar-refractivity contribution is -0.138. The second-order valence-electron chi connectivity index (χ2n) is 9.06. The fourth-order valence-electron chi connectivity index (χ4n) is 4.50. The Labute approximate surface area is 222 Å². The number of aliphatic hydroxyl groups is 1. The quantitative estimate of drug-likeness (QED) is 0.274. The van der Waals surface area contributed by atoms with Crippen molar-refractivity contribution in [3.63, 3.8) is 0 Å². The Balaban J connectivity index is 1.52. The number of nitrogens with one attached hydrogen (secondary N) is 1. The topological polar surface area (TPSA) is 136 Å². The summed E-state index contributed by atoms with van der Waals surface area (Å²) in [4.78, 5) is 36.9. The Morgan fingerprint density at radius 3 is 2.26 bits per heavy atom. The molecular weight excluding hydrogens is 514 g/mol. The van der Waals surface area contributed by atoms with E-state index in [1.807, 2.05) is 0 Å². The van der Waals surface area contributed by atoms with Gasteiger partial charge in [-0.15, -0.1) is 0 Å². The van der Waals surface area contributed by atoms with E-state index < -0.39 is 54.7 Å². The Hall–Kier alpha value is -4.51. The number of β-lactam (4-membered cyclic amide) rings is 1. The van der Waals surface area contributed by atoms with E-state index in [4.69, 9.17) is 9.84 Å². The van der Waals surface area contributed by atoms with Crippen molar-refractivity contribution in [3.05, 3.63) is 89.5 Å². The lowest BCUT2D eigenvalue weighted by Gasteiger charge is -2.48. The molecule has 1 fully saturated rings. The first-order valence-corrected chi connectivity index (χ1v) is 12.1. The first-order chi connectivity index (χ1) is 18.6. The molecule has 39 heavy (non-hydrogen) atoms. The van der Waals surface area contributed by atoms with Crippen molar-refractivity contribution in [2.75, 3.05) is 18.1 Å². The maximum absolute atomic E-state index is 13.5. The largest absolute Gasteiger partial charge is 0.507 e. The van der Waals surface area contributed by atoms with Gasteiger partial charge in [-0.2, -0.15) is 0 Å². The number of phenolic OH excluding ortho intramolecular Hbond substituents is 1. The van der Waals surface area contributed by atoms with Gasteiger partial charge in [0.25, 0.3) is 5.91 Å². The van der Waals surface area contributed by atoms with Crippen LogP contribution in [0.4, 0.5) is 14.5 Å². The van der Waals surface area contributed by atoms with Gasteiger partial charge in [0.15, 0.2) is 6.61 Å². The zero-order valence-electron chi connectivity index (χ0n) is 20.6. The van der Waals surface area contributed by atoms with Crippen molar-refractivity contribution in [2.45, 2.75) is 25.0 Å². The van der Waals surface area contributed by atoms with E-state index in [1.54, 1.807) is 0 Å². The molecule has 9 nitrogen and oxygen atoms in total. The number of rotatable bonds is 11. The summed E-state index contributed by atoms with van der Waals surface area (Å²) >= 11 is 0. The van der Waals surface area contributed by atoms with Gasteiger partial charge in [-0.25, -0.2) is 8.78 Å². The zero-order valence-corrected chi connectivity index (χ0v) is 20.6. The molecule has 0 radical (unpaired) electrons. The number of carbonyl (C=O) groups is 3. The summed E-state index contributed by atoms with van der Waals surface area (Å²) < 4.78 is 32.1. The zero-order chi connectivity index (χ0) is 28.1. The molecule has 2 amide bonds. The highest BCUT2D eigenvalue weighted by atomic mass is 19.1. The number of hydrogen-bond acceptors (Lipinski definition) is 6. The molecular formula is C28H26F2N2O7. The average Bonchev–Trinajstić information content (AvgIpc) is 2.91. The number of aliphatic hydroxyl groups excluding tert-OH is 1. The van der Waals surface area contributed by atoms with E-state index in [2.05, 4.69) is 5.32 Å². The number of halogens is 2. The van der Waals surface area contributed by atoms with E-state index in [0.29, 0.717) is 16.8 Å². The third kappa shape index (κ3) is 6.50. The number of ether oxygens (including phenoxy) is 1. The van der Waals surface area contributed by atoms with Crippen LogP contribution >= 0.6 is 0 Å². The van der Waals surface area contributed by atoms with Crippen LogP contribution < -0.4 is 15.0 Å². The molecule has 11 heteroatoms. The summed E-state index contributed by atoms with van der Waals surface area (Å²) in [5, 5.41) is 32.2. The van der Waals surface area contributed by atoms with Crippen LogP contribution in [0.25, 0.3) is 0 Å². The minimum atomic E-state index is -1.20. The summed E-state index contributed by atoms with van der Waals surface area (Å²) in [6.07, 6.45) is -0.486. The number of carboxylic acids is 1. The first-order valence-electron chi connectivity index (χ1n) is 12.1. The van der Waals surface area contributed by atoms with Gasteiger partial charge in [0.05, 0.1) is 18.1 Å². The highest BCUT2D eigenvalue weighted by Crippen LogP contribution is 2.49. The molecule has 3 atom stereocenters. The standard InChI is InChI=1S/C28H26F2N2O7/c29-17-3-1-16(2-4-17)23(33)12-11-22-27(32(28(22)38)19-7-5-18(30)6-8-19)21-10-9-20(13-24(21)34)39-15-25(35)31-14-26(36)37/h1-10,13,22-23,27,33-34H,11-12,14-15H2,(H,31,35)(H,36,37). The molecule has 4 N–H and O–H groups in total. The third-order valence-electron chi connectivity index (χ3n) is 6.45. The molecule has 204 valence electrons. The highest BCUT2D eigenvalue weighted by molar-refractivity contribution is 6.03. The highest BCUT2D eigenvalue weighted by Gasteiger charge is 2.49. The number of anilines is 1. The Morgan fingerprint density at radius 1 is 1.00 bits per heavy atom. The molecule has 1 aliphatic rings. The fraction of sp³-hybridized carbons (Fsp3) is 0.250. The smallest absolute Gasteiger partial charge is 0.322 e. The number of benzene rings is 3. The monoisotopic (exact) mass is 540 g/mol. The van der Waals surface area contributed by atoms with Crippen molar-refractivity contribution in [3.8, 4) is 11.5 Å². The normalized spacial score (nSPS) is 17.3. The van der Waals surface area contributed by atoms with Crippen LogP contribution in [0.2, 0.25) is 0 Å². The number of carboxylic acid groups (broad SMARTS) is 1. The van der Waals surface area contributed by atoms with Gasteiger partial charge >= 0.3 is 5.97 Å². The molecule has 3 unspecified atom stereocenters. The minimum Gasteiger partial charge on any atom is -0.507 e. The number of aliphatic carboxylic acids is 1. The number of amides is 2. The van der Waals surface area contributed by atoms with Crippen LogP contribution in [-0.4, -0.2) is 46.3 Å². The van der Waals surface area contributed by atoms with E-state index in [1.165, 1.54) is 71.6 Å². The van der Waals surface area contributed by atoms with Crippen LogP contribution in [0.1, 0.15) is 36.1 Å². The van der Waals surface area contributed by atoms with Gasteiger partial charge in [-0.1, -0.05) is 12.1 Å². The second kappa shape index (κ2) is 11.9. The number of phenols is 1. The molecule has 0 aromatic heterocycles. The van der Waals surface area contributed by atoms with Crippen molar-refractivity contribution in [1.82, 2.24) is 5.32 Å². The fourth-order valence-corrected chi connectivity index (χ4v) is 4.50. The van der Waals surface area contributed by atoms with Crippen LogP contribution in [0, 0.1) is 17.6 Å². The molecule has 1 aliphatic heterocycles. The maximum atomic E-state index is 13.5. The summed E-state index contributed by atoms with van der Waals surface area (Å²) in [5.41, 5.74) is 1.31. The number of aromatic hydroxyl groups is 1. The van der Waals surface area contributed by atoms with Gasteiger partial charge in [-0.05, 0) is 66.9 Å². The molecule has 0 saturated carbocycles. The number of hydrogen-bond donors (Lipinski definition) is 4. The molecule has 3 aromatic carbocycles. The third-order valence-corrected chi connectivity index (χ3v) is 6.45. The summed E-state index contributed by atoms with van der Waals surface area (Å²) in [6.45, 7) is -1.03. The SMILES string of the molecule is O=C(O)CNC(=O)COc1ccc(C2C(CCC(O)c3ccc(F)cc3)C(=O)N2c2ccc(F)cc2)c(O)c1. The van der Waals surface area contributed by atoms with Gasteiger partial charge in [0, 0.05) is 17.3 Å². The van der Waals surface area contributed by atoms with Crippen LogP contribution in [0.5, 0.6) is 11.5 Å². The van der Waals surface area contributed by atoms with Gasteiger partial charge in [0.2, 0.25) is 5.91 Å². The minimum absolute atomic E-state index is 0.143. The summed E-state index contributed by atoms with van der Waals surface area (Å²) in [6, 6.07) is 14.4. The molecule has 0 spiro atoms. The van der Waals surface area contributed by atoms with Crippen molar-refractivity contribution >= 4 is 23.5 Å². The van der Waals surface area contributed by atoms with E-state index in [-0.39, 0.29) is 30.2 Å². The lowest BCUT2D eigenvalue weighted by Crippen LogP contribution is -2.55. The molecule has 1 heterocycles. The summed E-state index contributed by atoms with van der Waals surface area (Å²) in [7, 11) is 0.